The molecule has 1 N–H and O–H groups in total. The minimum atomic E-state index is -0.0585. The fourth-order valence-electron chi connectivity index (χ4n) is 3.87. The highest BCUT2D eigenvalue weighted by atomic mass is 32.1. The molecule has 4 heterocycles. The lowest BCUT2D eigenvalue weighted by Gasteiger charge is -2.27. The van der Waals surface area contributed by atoms with E-state index in [0.717, 1.165) is 47.6 Å². The quantitative estimate of drug-likeness (QED) is 0.516. The van der Waals surface area contributed by atoms with Gasteiger partial charge in [0.2, 0.25) is 0 Å². The molecule has 0 amide bonds. The predicted molar refractivity (Wildman–Crippen MR) is 122 cm³/mol. The number of rotatable bonds is 5. The van der Waals surface area contributed by atoms with Crippen molar-refractivity contribution in [2.75, 3.05) is 13.7 Å². The number of hydrogen-bond donors (Lipinski definition) is 1. The molecule has 0 atom stereocenters. The molecule has 3 aromatic heterocycles. The molecule has 0 unspecified atom stereocenters. The molecular formula is C24H22N4O2S. The van der Waals surface area contributed by atoms with Crippen molar-refractivity contribution in [3.63, 3.8) is 0 Å². The summed E-state index contributed by atoms with van der Waals surface area (Å²) in [5.41, 5.74) is 3.58. The SMILES string of the molecule is COc1cccc(-c2ccc(CN3CCc4nc(-c5cccnc5)[nH]c(=O)c4C3)s2)c1. The third-order valence-electron chi connectivity index (χ3n) is 5.48. The van der Waals surface area contributed by atoms with Crippen LogP contribution in [0.25, 0.3) is 21.8 Å². The van der Waals surface area contributed by atoms with E-state index in [1.54, 1.807) is 30.8 Å². The number of nitrogens with zero attached hydrogens (tertiary/aromatic N) is 3. The molecule has 6 nitrogen and oxygen atoms in total. The highest BCUT2D eigenvalue weighted by molar-refractivity contribution is 7.15. The van der Waals surface area contributed by atoms with Crippen LogP contribution in [0.3, 0.4) is 0 Å². The molecule has 4 aromatic rings. The Kier molecular flexibility index (Phi) is 5.36. The van der Waals surface area contributed by atoms with Gasteiger partial charge in [-0.05, 0) is 42.0 Å². The van der Waals surface area contributed by atoms with E-state index in [0.29, 0.717) is 12.4 Å². The van der Waals surface area contributed by atoms with Gasteiger partial charge in [0.05, 0.1) is 18.4 Å². The summed E-state index contributed by atoms with van der Waals surface area (Å²) in [6.07, 6.45) is 4.19. The molecule has 0 aliphatic carbocycles. The van der Waals surface area contributed by atoms with Crippen LogP contribution in [0.1, 0.15) is 16.1 Å². The predicted octanol–water partition coefficient (Wildman–Crippen LogP) is 4.13. The number of hydrogen-bond acceptors (Lipinski definition) is 6. The first kappa shape index (κ1) is 19.7. The van der Waals surface area contributed by atoms with E-state index in [1.165, 1.54) is 9.75 Å². The summed E-state index contributed by atoms with van der Waals surface area (Å²) >= 11 is 1.78. The van der Waals surface area contributed by atoms with Crippen LogP contribution in [0.2, 0.25) is 0 Å². The number of ether oxygens (including phenoxy) is 1. The summed E-state index contributed by atoms with van der Waals surface area (Å²) in [6, 6.07) is 16.2. The maximum atomic E-state index is 12.8. The van der Waals surface area contributed by atoms with Gasteiger partial charge in [0.1, 0.15) is 11.6 Å². The summed E-state index contributed by atoms with van der Waals surface area (Å²) in [6.45, 7) is 2.30. The number of H-pyrrole nitrogens is 1. The van der Waals surface area contributed by atoms with Crippen molar-refractivity contribution >= 4 is 11.3 Å². The standard InChI is InChI=1S/C24H22N4O2S/c1-30-18-6-2-4-16(12-18)22-8-7-19(31-22)14-28-11-9-21-20(15-28)24(29)27-23(26-21)17-5-3-10-25-13-17/h2-8,10,12-13H,9,11,14-15H2,1H3,(H,26,27,29). The molecule has 156 valence electrons. The van der Waals surface area contributed by atoms with E-state index in [1.807, 2.05) is 24.3 Å². The summed E-state index contributed by atoms with van der Waals surface area (Å²) < 4.78 is 5.34. The zero-order valence-electron chi connectivity index (χ0n) is 17.2. The van der Waals surface area contributed by atoms with Crippen LogP contribution in [-0.4, -0.2) is 33.5 Å². The van der Waals surface area contributed by atoms with Crippen molar-refractivity contribution in [2.45, 2.75) is 19.5 Å². The van der Waals surface area contributed by atoms with E-state index in [-0.39, 0.29) is 5.56 Å². The first-order valence-corrected chi connectivity index (χ1v) is 11.0. The van der Waals surface area contributed by atoms with Gasteiger partial charge in [-0.15, -0.1) is 11.3 Å². The molecular weight excluding hydrogens is 408 g/mol. The van der Waals surface area contributed by atoms with E-state index >= 15 is 0 Å². The Balaban J connectivity index is 1.33. The topological polar surface area (TPSA) is 71.1 Å². The second-order valence-electron chi connectivity index (χ2n) is 7.54. The Morgan fingerprint density at radius 1 is 1.16 bits per heavy atom. The van der Waals surface area contributed by atoms with Gasteiger partial charge in [0.25, 0.3) is 5.56 Å². The third kappa shape index (κ3) is 4.15. The molecule has 0 saturated carbocycles. The Morgan fingerprint density at radius 2 is 2.06 bits per heavy atom. The van der Waals surface area contributed by atoms with Gasteiger partial charge in [-0.2, -0.15) is 0 Å². The number of thiophene rings is 1. The summed E-state index contributed by atoms with van der Waals surface area (Å²) in [5, 5.41) is 0. The molecule has 0 spiro atoms. The fraction of sp³-hybridized carbons (Fsp3) is 0.208. The molecule has 0 saturated heterocycles. The first-order chi connectivity index (χ1) is 15.2. The van der Waals surface area contributed by atoms with Crippen molar-refractivity contribution in [2.24, 2.45) is 0 Å². The molecule has 1 aliphatic rings. The minimum absolute atomic E-state index is 0.0585. The summed E-state index contributed by atoms with van der Waals surface area (Å²) in [4.78, 5) is 29.3. The monoisotopic (exact) mass is 430 g/mol. The Labute approximate surface area is 184 Å². The average molecular weight is 431 g/mol. The second kappa shape index (κ2) is 8.45. The van der Waals surface area contributed by atoms with E-state index in [2.05, 4.69) is 39.1 Å². The maximum Gasteiger partial charge on any atom is 0.255 e. The van der Waals surface area contributed by atoms with Crippen LogP contribution in [-0.2, 0) is 19.5 Å². The van der Waals surface area contributed by atoms with Crippen molar-refractivity contribution in [1.82, 2.24) is 19.9 Å². The van der Waals surface area contributed by atoms with Crippen LogP contribution < -0.4 is 10.3 Å². The van der Waals surface area contributed by atoms with Crippen LogP contribution in [0.4, 0.5) is 0 Å². The fourth-order valence-corrected chi connectivity index (χ4v) is 4.92. The molecule has 1 aliphatic heterocycles. The number of methoxy groups -OCH3 is 1. The molecule has 31 heavy (non-hydrogen) atoms. The van der Waals surface area contributed by atoms with Crippen LogP contribution in [0.15, 0.2) is 65.7 Å². The van der Waals surface area contributed by atoms with Crippen molar-refractivity contribution in [3.05, 3.63) is 87.4 Å². The Morgan fingerprint density at radius 3 is 2.90 bits per heavy atom. The van der Waals surface area contributed by atoms with Crippen LogP contribution in [0, 0.1) is 0 Å². The number of aromatic nitrogens is 3. The van der Waals surface area contributed by atoms with Crippen molar-refractivity contribution < 1.29 is 4.74 Å². The van der Waals surface area contributed by atoms with Crippen LogP contribution >= 0.6 is 11.3 Å². The third-order valence-corrected chi connectivity index (χ3v) is 6.60. The molecule has 0 fully saturated rings. The smallest absolute Gasteiger partial charge is 0.255 e. The zero-order valence-corrected chi connectivity index (χ0v) is 18.0. The van der Waals surface area contributed by atoms with Crippen molar-refractivity contribution in [1.29, 1.82) is 0 Å². The first-order valence-electron chi connectivity index (χ1n) is 10.2. The maximum absolute atomic E-state index is 12.8. The van der Waals surface area contributed by atoms with Gasteiger partial charge in [0, 0.05) is 53.8 Å². The lowest BCUT2D eigenvalue weighted by Crippen LogP contribution is -2.35. The molecule has 0 bridgehead atoms. The highest BCUT2D eigenvalue weighted by Gasteiger charge is 2.22. The molecule has 1 aromatic carbocycles. The Bertz CT molecular complexity index is 1270. The number of benzene rings is 1. The van der Waals surface area contributed by atoms with E-state index in [9.17, 15) is 4.79 Å². The van der Waals surface area contributed by atoms with Crippen molar-refractivity contribution in [3.8, 4) is 27.6 Å². The second-order valence-corrected chi connectivity index (χ2v) is 8.71. The molecule has 5 rings (SSSR count). The summed E-state index contributed by atoms with van der Waals surface area (Å²) in [5.74, 6) is 1.45. The van der Waals surface area contributed by atoms with Gasteiger partial charge in [-0.3, -0.25) is 14.7 Å². The number of nitrogens with one attached hydrogen (secondary N) is 1. The minimum Gasteiger partial charge on any atom is -0.497 e. The van der Waals surface area contributed by atoms with Gasteiger partial charge in [-0.25, -0.2) is 4.98 Å². The molecule has 0 radical (unpaired) electrons. The lowest BCUT2D eigenvalue weighted by molar-refractivity contribution is 0.244. The molecule has 7 heteroatoms. The van der Waals surface area contributed by atoms with Gasteiger partial charge in [-0.1, -0.05) is 12.1 Å². The summed E-state index contributed by atoms with van der Waals surface area (Å²) in [7, 11) is 1.68. The highest BCUT2D eigenvalue weighted by Crippen LogP contribution is 2.31. The van der Waals surface area contributed by atoms with E-state index < -0.39 is 0 Å². The normalized spacial score (nSPS) is 13.7. The van der Waals surface area contributed by atoms with Gasteiger partial charge in [0.15, 0.2) is 0 Å². The van der Waals surface area contributed by atoms with Gasteiger partial charge >= 0.3 is 0 Å². The number of fused-ring (bicyclic) bond motifs is 1. The zero-order chi connectivity index (χ0) is 21.2. The average Bonchev–Trinajstić information content (AvgIpc) is 3.28. The van der Waals surface area contributed by atoms with E-state index in [4.69, 9.17) is 9.72 Å². The largest absolute Gasteiger partial charge is 0.497 e. The van der Waals surface area contributed by atoms with Gasteiger partial charge < -0.3 is 9.72 Å². The lowest BCUT2D eigenvalue weighted by atomic mass is 10.1. The number of pyridine rings is 1. The number of aromatic amines is 1. The van der Waals surface area contributed by atoms with Crippen LogP contribution in [0.5, 0.6) is 5.75 Å². The Hall–Kier alpha value is -3.29.